The summed E-state index contributed by atoms with van der Waals surface area (Å²) in [4.78, 5) is 11.2. The molecule has 0 heterocycles. The molecule has 3 nitrogen and oxygen atoms in total. The molecule has 1 aromatic carbocycles. The number of hydrogen-bond acceptors (Lipinski definition) is 3. The van der Waals surface area contributed by atoms with Crippen molar-refractivity contribution < 1.29 is 9.90 Å². The van der Waals surface area contributed by atoms with Crippen molar-refractivity contribution in [2.24, 2.45) is 0 Å². The zero-order valence-corrected chi connectivity index (χ0v) is 10.0. The number of amides is 1. The van der Waals surface area contributed by atoms with Crippen molar-refractivity contribution in [2.45, 2.75) is 6.42 Å². The van der Waals surface area contributed by atoms with Gasteiger partial charge in [0.2, 0.25) is 5.91 Å². The van der Waals surface area contributed by atoms with E-state index in [4.69, 9.17) is 5.11 Å². The molecule has 1 amide bonds. The van der Waals surface area contributed by atoms with Crippen LogP contribution in [0, 0.1) is 0 Å². The van der Waals surface area contributed by atoms with E-state index in [0.717, 1.165) is 12.2 Å². The molecule has 0 atom stereocenters. The molecular weight excluding hydrogens is 222 g/mol. The van der Waals surface area contributed by atoms with E-state index < -0.39 is 0 Å². The van der Waals surface area contributed by atoms with E-state index in [1.165, 1.54) is 5.56 Å². The summed E-state index contributed by atoms with van der Waals surface area (Å²) in [5, 5.41) is 11.1. The second kappa shape index (κ2) is 8.19. The Labute approximate surface area is 100 Å². The van der Waals surface area contributed by atoms with Gasteiger partial charge >= 0.3 is 0 Å². The van der Waals surface area contributed by atoms with Gasteiger partial charge in [0, 0.05) is 6.54 Å². The number of benzene rings is 1. The van der Waals surface area contributed by atoms with Crippen LogP contribution in [0.1, 0.15) is 5.56 Å². The lowest BCUT2D eigenvalue weighted by molar-refractivity contribution is -0.118. The van der Waals surface area contributed by atoms with Crippen LogP contribution in [0.5, 0.6) is 0 Å². The number of aryl methyl sites for hydroxylation is 1. The van der Waals surface area contributed by atoms with E-state index in [-0.39, 0.29) is 12.5 Å². The molecule has 0 fully saturated rings. The molecule has 1 aromatic rings. The van der Waals surface area contributed by atoms with E-state index in [9.17, 15) is 4.79 Å². The predicted octanol–water partition coefficient (Wildman–Crippen LogP) is 1.07. The van der Waals surface area contributed by atoms with Gasteiger partial charge < -0.3 is 10.4 Å². The Bertz CT molecular complexity index is 303. The average molecular weight is 239 g/mol. The Balaban J connectivity index is 2.06. The summed E-state index contributed by atoms with van der Waals surface area (Å²) >= 11 is 1.61. The maximum Gasteiger partial charge on any atom is 0.230 e. The van der Waals surface area contributed by atoms with Crippen molar-refractivity contribution in [3.63, 3.8) is 0 Å². The summed E-state index contributed by atoms with van der Waals surface area (Å²) < 4.78 is 0. The third-order valence-electron chi connectivity index (χ3n) is 2.05. The van der Waals surface area contributed by atoms with Gasteiger partial charge in [0.1, 0.15) is 0 Å². The molecule has 4 heteroatoms. The Morgan fingerprint density at radius 1 is 1.31 bits per heavy atom. The van der Waals surface area contributed by atoms with Gasteiger partial charge in [0.05, 0.1) is 12.4 Å². The summed E-state index contributed by atoms with van der Waals surface area (Å²) in [6, 6.07) is 10.2. The molecule has 2 N–H and O–H groups in total. The Morgan fingerprint density at radius 3 is 2.75 bits per heavy atom. The minimum absolute atomic E-state index is 0.000419. The maximum atomic E-state index is 11.2. The highest BCUT2D eigenvalue weighted by molar-refractivity contribution is 7.99. The minimum Gasteiger partial charge on any atom is -0.395 e. The smallest absolute Gasteiger partial charge is 0.230 e. The number of carbonyl (C=O) groups excluding carboxylic acids is 1. The van der Waals surface area contributed by atoms with Gasteiger partial charge in [-0.25, -0.2) is 0 Å². The number of aliphatic hydroxyl groups excluding tert-OH is 1. The zero-order valence-electron chi connectivity index (χ0n) is 9.19. The summed E-state index contributed by atoms with van der Waals surface area (Å²) in [6.07, 6.45) is 0.985. The number of hydrogen-bond donors (Lipinski definition) is 2. The number of aliphatic hydroxyl groups is 1. The van der Waals surface area contributed by atoms with Crippen molar-refractivity contribution >= 4 is 17.7 Å². The van der Waals surface area contributed by atoms with Gasteiger partial charge in [-0.2, -0.15) is 11.8 Å². The molecule has 0 aliphatic heterocycles. The van der Waals surface area contributed by atoms with Crippen molar-refractivity contribution in [3.8, 4) is 0 Å². The molecule has 0 bridgehead atoms. The Hall–Kier alpha value is -1.00. The molecule has 0 spiro atoms. The van der Waals surface area contributed by atoms with Crippen LogP contribution in [0.2, 0.25) is 0 Å². The van der Waals surface area contributed by atoms with Crippen LogP contribution in [0.4, 0.5) is 0 Å². The standard InChI is InChI=1S/C12H17NO2S/c14-8-7-13-12(15)10-16-9-6-11-4-2-1-3-5-11/h1-5,14H,6-10H2,(H,13,15). The highest BCUT2D eigenvalue weighted by Crippen LogP contribution is 2.06. The SMILES string of the molecule is O=C(CSCCc1ccccc1)NCCO. The molecule has 16 heavy (non-hydrogen) atoms. The lowest BCUT2D eigenvalue weighted by Crippen LogP contribution is -2.28. The van der Waals surface area contributed by atoms with Crippen LogP contribution in [-0.4, -0.2) is 35.7 Å². The summed E-state index contributed by atoms with van der Waals surface area (Å²) in [7, 11) is 0. The van der Waals surface area contributed by atoms with E-state index in [1.54, 1.807) is 11.8 Å². The third-order valence-corrected chi connectivity index (χ3v) is 3.00. The summed E-state index contributed by atoms with van der Waals surface area (Å²) in [5.41, 5.74) is 1.30. The molecule has 0 unspecified atom stereocenters. The fourth-order valence-corrected chi connectivity index (χ4v) is 2.06. The minimum atomic E-state index is -0.00730. The quantitative estimate of drug-likeness (QED) is 0.700. The van der Waals surface area contributed by atoms with E-state index in [0.29, 0.717) is 12.3 Å². The van der Waals surface area contributed by atoms with Crippen LogP contribution in [0.25, 0.3) is 0 Å². The summed E-state index contributed by atoms with van der Waals surface area (Å²) in [6.45, 7) is 0.346. The second-order valence-corrected chi connectivity index (χ2v) is 4.47. The number of rotatable bonds is 7. The molecule has 0 aromatic heterocycles. The number of nitrogens with one attached hydrogen (secondary N) is 1. The normalized spacial score (nSPS) is 10.1. The maximum absolute atomic E-state index is 11.2. The number of carbonyl (C=O) groups is 1. The van der Waals surface area contributed by atoms with Gasteiger partial charge in [-0.3, -0.25) is 4.79 Å². The van der Waals surface area contributed by atoms with E-state index in [1.807, 2.05) is 18.2 Å². The monoisotopic (exact) mass is 239 g/mol. The van der Waals surface area contributed by atoms with Crippen molar-refractivity contribution in [3.05, 3.63) is 35.9 Å². The van der Waals surface area contributed by atoms with Crippen LogP contribution >= 0.6 is 11.8 Å². The van der Waals surface area contributed by atoms with E-state index in [2.05, 4.69) is 17.4 Å². The van der Waals surface area contributed by atoms with Gasteiger partial charge in [0.25, 0.3) is 0 Å². The molecule has 0 saturated heterocycles. The highest BCUT2D eigenvalue weighted by Gasteiger charge is 2.00. The first-order valence-corrected chi connectivity index (χ1v) is 6.47. The summed E-state index contributed by atoms with van der Waals surface area (Å²) in [5.74, 6) is 1.40. The van der Waals surface area contributed by atoms with Gasteiger partial charge in [0.15, 0.2) is 0 Å². The molecule has 0 aliphatic rings. The topological polar surface area (TPSA) is 49.3 Å². The second-order valence-electron chi connectivity index (χ2n) is 3.36. The average Bonchev–Trinajstić information content (AvgIpc) is 2.33. The molecule has 88 valence electrons. The highest BCUT2D eigenvalue weighted by atomic mass is 32.2. The fraction of sp³-hybridized carbons (Fsp3) is 0.417. The van der Waals surface area contributed by atoms with Crippen LogP contribution in [0.3, 0.4) is 0 Å². The number of thioether (sulfide) groups is 1. The van der Waals surface area contributed by atoms with Crippen LogP contribution < -0.4 is 5.32 Å². The molecule has 1 rings (SSSR count). The van der Waals surface area contributed by atoms with Gasteiger partial charge in [-0.1, -0.05) is 30.3 Å². The van der Waals surface area contributed by atoms with Gasteiger partial charge in [-0.05, 0) is 17.7 Å². The first-order chi connectivity index (χ1) is 7.83. The molecule has 0 radical (unpaired) electrons. The van der Waals surface area contributed by atoms with Crippen molar-refractivity contribution in [1.82, 2.24) is 5.32 Å². The first kappa shape index (κ1) is 13.1. The molecule has 0 aliphatic carbocycles. The fourth-order valence-electron chi connectivity index (χ4n) is 1.25. The zero-order chi connectivity index (χ0) is 11.6. The van der Waals surface area contributed by atoms with E-state index >= 15 is 0 Å². The lowest BCUT2D eigenvalue weighted by atomic mass is 10.2. The first-order valence-electron chi connectivity index (χ1n) is 5.32. The van der Waals surface area contributed by atoms with Crippen molar-refractivity contribution in [2.75, 3.05) is 24.7 Å². The van der Waals surface area contributed by atoms with Crippen LogP contribution in [0.15, 0.2) is 30.3 Å². The molecular formula is C12H17NO2S. The third kappa shape index (κ3) is 5.78. The largest absolute Gasteiger partial charge is 0.395 e. The lowest BCUT2D eigenvalue weighted by Gasteiger charge is -2.03. The molecule has 0 saturated carbocycles. The predicted molar refractivity (Wildman–Crippen MR) is 67.6 cm³/mol. The Kier molecular flexibility index (Phi) is 6.69. The van der Waals surface area contributed by atoms with Gasteiger partial charge in [-0.15, -0.1) is 0 Å². The van der Waals surface area contributed by atoms with Crippen LogP contribution in [-0.2, 0) is 11.2 Å². The van der Waals surface area contributed by atoms with Crippen molar-refractivity contribution in [1.29, 1.82) is 0 Å². The Morgan fingerprint density at radius 2 is 2.06 bits per heavy atom.